The van der Waals surface area contributed by atoms with E-state index in [0.717, 1.165) is 23.1 Å². The first-order valence-corrected chi connectivity index (χ1v) is 10.3. The zero-order valence-corrected chi connectivity index (χ0v) is 17.6. The SMILES string of the molecule is CCOC(=O)CN1C(=O)OC(c2ccccc2F)(c2ccccc2F)[C@@H]1c1ccccc1F. The lowest BCUT2D eigenvalue weighted by Crippen LogP contribution is -2.41. The molecule has 0 radical (unpaired) electrons. The van der Waals surface area contributed by atoms with Crippen LogP contribution in [-0.2, 0) is 19.9 Å². The largest absolute Gasteiger partial charge is 0.465 e. The molecule has 1 saturated heterocycles. The molecule has 4 rings (SSSR count). The summed E-state index contributed by atoms with van der Waals surface area (Å²) in [6, 6.07) is 14.9. The summed E-state index contributed by atoms with van der Waals surface area (Å²) < 4.78 is 56.2. The first-order valence-electron chi connectivity index (χ1n) is 10.3. The van der Waals surface area contributed by atoms with E-state index in [2.05, 4.69) is 0 Å². The Labute approximate surface area is 188 Å². The Morgan fingerprint density at radius 3 is 1.94 bits per heavy atom. The number of cyclic esters (lactones) is 1. The number of carbonyl (C=O) groups is 2. The molecular weight excluding hydrogens is 435 g/mol. The van der Waals surface area contributed by atoms with E-state index in [1.165, 1.54) is 54.6 Å². The zero-order valence-electron chi connectivity index (χ0n) is 17.6. The number of benzene rings is 3. The molecule has 0 saturated carbocycles. The number of halogens is 3. The Balaban J connectivity index is 2.04. The van der Waals surface area contributed by atoms with Gasteiger partial charge in [0.25, 0.3) is 0 Å². The first kappa shape index (κ1) is 22.4. The summed E-state index contributed by atoms with van der Waals surface area (Å²) in [6.45, 7) is 1.05. The molecule has 0 aliphatic carbocycles. The van der Waals surface area contributed by atoms with Crippen LogP contribution in [-0.4, -0.2) is 30.1 Å². The van der Waals surface area contributed by atoms with Crippen LogP contribution in [0.1, 0.15) is 29.7 Å². The summed E-state index contributed by atoms with van der Waals surface area (Å²) in [4.78, 5) is 26.4. The molecule has 1 aliphatic rings. The molecule has 0 bridgehead atoms. The van der Waals surface area contributed by atoms with E-state index >= 15 is 13.2 Å². The van der Waals surface area contributed by atoms with Crippen molar-refractivity contribution in [2.24, 2.45) is 0 Å². The summed E-state index contributed by atoms with van der Waals surface area (Å²) >= 11 is 0. The molecule has 8 heteroatoms. The van der Waals surface area contributed by atoms with Crippen LogP contribution in [0, 0.1) is 17.5 Å². The van der Waals surface area contributed by atoms with Gasteiger partial charge in [-0.25, -0.2) is 18.0 Å². The summed E-state index contributed by atoms with van der Waals surface area (Å²) in [5.74, 6) is -3.07. The Kier molecular flexibility index (Phi) is 6.09. The van der Waals surface area contributed by atoms with Crippen molar-refractivity contribution in [2.45, 2.75) is 18.6 Å². The molecule has 1 atom stereocenters. The van der Waals surface area contributed by atoms with Crippen LogP contribution in [0.25, 0.3) is 0 Å². The van der Waals surface area contributed by atoms with Gasteiger partial charge in [-0.05, 0) is 25.1 Å². The van der Waals surface area contributed by atoms with Crippen LogP contribution in [0.2, 0.25) is 0 Å². The van der Waals surface area contributed by atoms with Crippen molar-refractivity contribution in [3.8, 4) is 0 Å². The molecule has 33 heavy (non-hydrogen) atoms. The molecule has 1 amide bonds. The van der Waals surface area contributed by atoms with E-state index in [1.54, 1.807) is 6.92 Å². The van der Waals surface area contributed by atoms with Crippen LogP contribution >= 0.6 is 0 Å². The Morgan fingerprint density at radius 2 is 1.42 bits per heavy atom. The third-order valence-electron chi connectivity index (χ3n) is 5.53. The van der Waals surface area contributed by atoms with Gasteiger partial charge in [0.15, 0.2) is 5.60 Å². The predicted octanol–water partition coefficient (Wildman–Crippen LogP) is 5.10. The molecule has 1 fully saturated rings. The van der Waals surface area contributed by atoms with Crippen molar-refractivity contribution < 1.29 is 32.2 Å². The topological polar surface area (TPSA) is 55.8 Å². The maximum Gasteiger partial charge on any atom is 0.412 e. The molecule has 0 aromatic heterocycles. The average molecular weight is 455 g/mol. The fourth-order valence-corrected chi connectivity index (χ4v) is 4.24. The monoisotopic (exact) mass is 455 g/mol. The third-order valence-corrected chi connectivity index (χ3v) is 5.53. The van der Waals surface area contributed by atoms with E-state index in [9.17, 15) is 9.59 Å². The fourth-order valence-electron chi connectivity index (χ4n) is 4.24. The second kappa shape index (κ2) is 8.97. The molecule has 170 valence electrons. The van der Waals surface area contributed by atoms with Gasteiger partial charge in [-0.3, -0.25) is 9.69 Å². The first-order chi connectivity index (χ1) is 15.9. The van der Waals surface area contributed by atoms with Gasteiger partial charge in [0.2, 0.25) is 0 Å². The lowest BCUT2D eigenvalue weighted by molar-refractivity contribution is -0.144. The zero-order chi connectivity index (χ0) is 23.6. The van der Waals surface area contributed by atoms with E-state index in [-0.39, 0.29) is 23.3 Å². The molecule has 1 heterocycles. The van der Waals surface area contributed by atoms with E-state index in [0.29, 0.717) is 0 Å². The quantitative estimate of drug-likeness (QED) is 0.485. The number of rotatable bonds is 6. The van der Waals surface area contributed by atoms with Crippen LogP contribution < -0.4 is 0 Å². The van der Waals surface area contributed by atoms with Crippen molar-refractivity contribution in [2.75, 3.05) is 13.2 Å². The minimum absolute atomic E-state index is 0.0534. The number of ether oxygens (including phenoxy) is 2. The Hall–Kier alpha value is -3.81. The Morgan fingerprint density at radius 1 is 0.909 bits per heavy atom. The number of nitrogens with zero attached hydrogens (tertiary/aromatic N) is 1. The van der Waals surface area contributed by atoms with Gasteiger partial charge in [0.05, 0.1) is 6.61 Å². The standard InChI is InChI=1S/C25H20F3NO4/c1-2-32-22(30)15-29-23(16-9-3-6-12-19(16)26)25(33-24(29)31,17-10-4-7-13-20(17)27)18-11-5-8-14-21(18)28/h3-14,23H,2,15H2,1H3/t23-/m0/s1. The molecule has 0 N–H and O–H groups in total. The van der Waals surface area contributed by atoms with Crippen LogP contribution in [0.15, 0.2) is 72.8 Å². The van der Waals surface area contributed by atoms with Gasteiger partial charge in [-0.1, -0.05) is 54.6 Å². The van der Waals surface area contributed by atoms with Gasteiger partial charge in [0.1, 0.15) is 30.0 Å². The van der Waals surface area contributed by atoms with E-state index in [1.807, 2.05) is 0 Å². The number of esters is 1. The predicted molar refractivity (Wildman–Crippen MR) is 113 cm³/mol. The van der Waals surface area contributed by atoms with Gasteiger partial charge in [0, 0.05) is 16.7 Å². The minimum atomic E-state index is -2.12. The van der Waals surface area contributed by atoms with Gasteiger partial charge < -0.3 is 9.47 Å². The lowest BCUT2D eigenvalue weighted by atomic mass is 9.76. The van der Waals surface area contributed by atoms with E-state index in [4.69, 9.17) is 9.47 Å². The molecular formula is C25H20F3NO4. The van der Waals surface area contributed by atoms with Crippen LogP contribution in [0.3, 0.4) is 0 Å². The molecule has 3 aromatic carbocycles. The number of carbonyl (C=O) groups excluding carboxylic acids is 2. The lowest BCUT2D eigenvalue weighted by Gasteiger charge is -2.36. The highest BCUT2D eigenvalue weighted by Crippen LogP contribution is 2.53. The van der Waals surface area contributed by atoms with Crippen molar-refractivity contribution in [1.82, 2.24) is 4.90 Å². The molecule has 0 unspecified atom stereocenters. The molecule has 5 nitrogen and oxygen atoms in total. The van der Waals surface area contributed by atoms with Crippen LogP contribution in [0.4, 0.5) is 18.0 Å². The summed E-state index contributed by atoms with van der Waals surface area (Å²) in [7, 11) is 0. The number of hydrogen-bond acceptors (Lipinski definition) is 4. The fraction of sp³-hybridized carbons (Fsp3) is 0.200. The number of amides is 1. The van der Waals surface area contributed by atoms with Crippen molar-refractivity contribution in [1.29, 1.82) is 0 Å². The normalized spacial score (nSPS) is 17.0. The summed E-state index contributed by atoms with van der Waals surface area (Å²) in [6.07, 6.45) is -1.04. The Bertz CT molecular complexity index is 1150. The van der Waals surface area contributed by atoms with Gasteiger partial charge >= 0.3 is 12.1 Å². The average Bonchev–Trinajstić information content (AvgIpc) is 3.07. The van der Waals surface area contributed by atoms with Crippen LogP contribution in [0.5, 0.6) is 0 Å². The second-order valence-electron chi connectivity index (χ2n) is 7.42. The van der Waals surface area contributed by atoms with E-state index < -0.39 is 47.7 Å². The highest BCUT2D eigenvalue weighted by atomic mass is 19.1. The van der Waals surface area contributed by atoms with Gasteiger partial charge in [-0.15, -0.1) is 0 Å². The third kappa shape index (κ3) is 3.82. The molecule has 1 aliphatic heterocycles. The van der Waals surface area contributed by atoms with Gasteiger partial charge in [-0.2, -0.15) is 0 Å². The maximum atomic E-state index is 15.2. The number of hydrogen-bond donors (Lipinski definition) is 0. The van der Waals surface area contributed by atoms with Crippen molar-refractivity contribution in [3.63, 3.8) is 0 Å². The van der Waals surface area contributed by atoms with Crippen molar-refractivity contribution >= 4 is 12.1 Å². The second-order valence-corrected chi connectivity index (χ2v) is 7.42. The highest BCUT2D eigenvalue weighted by molar-refractivity contribution is 5.81. The highest BCUT2D eigenvalue weighted by Gasteiger charge is 2.60. The molecule has 0 spiro atoms. The summed E-state index contributed by atoms with van der Waals surface area (Å²) in [5.41, 5.74) is -2.55. The maximum absolute atomic E-state index is 15.2. The smallest absolute Gasteiger partial charge is 0.412 e. The van der Waals surface area contributed by atoms with Crippen molar-refractivity contribution in [3.05, 3.63) is 107 Å². The summed E-state index contributed by atoms with van der Waals surface area (Å²) in [5, 5.41) is 0. The minimum Gasteiger partial charge on any atom is -0.465 e. The molecule has 3 aromatic rings.